The molecule has 0 bridgehead atoms. The second-order valence-electron chi connectivity index (χ2n) is 14.7. The Morgan fingerprint density at radius 3 is 2.05 bits per heavy atom. The maximum atomic E-state index is 6.98. The van der Waals surface area contributed by atoms with Crippen molar-refractivity contribution in [3.63, 3.8) is 0 Å². The highest BCUT2D eigenvalue weighted by atomic mass is 32.1. The van der Waals surface area contributed by atoms with Gasteiger partial charge in [0.25, 0.3) is 6.71 Å². The van der Waals surface area contributed by atoms with Gasteiger partial charge in [0, 0.05) is 60.4 Å². The Labute approximate surface area is 325 Å². The number of benzene rings is 8. The largest absolute Gasteiger partial charge is 0.458 e. The van der Waals surface area contributed by atoms with Crippen molar-refractivity contribution in [3.05, 3.63) is 187 Å². The lowest BCUT2D eigenvalue weighted by molar-refractivity contribution is 0.487. The van der Waals surface area contributed by atoms with Crippen LogP contribution in [0.25, 0.3) is 31.3 Å². The maximum absolute atomic E-state index is 6.98. The predicted molar refractivity (Wildman–Crippen MR) is 235 cm³/mol. The van der Waals surface area contributed by atoms with Crippen LogP contribution >= 0.6 is 11.3 Å². The third-order valence-corrected chi connectivity index (χ3v) is 12.4. The molecule has 55 heavy (non-hydrogen) atoms. The number of aryl methyl sites for hydroxylation is 2. The summed E-state index contributed by atoms with van der Waals surface area (Å²) >= 11 is 1.85. The molecule has 0 spiro atoms. The zero-order valence-corrected chi connectivity index (χ0v) is 31.3. The molecule has 2 aliphatic heterocycles. The highest BCUT2D eigenvalue weighted by molar-refractivity contribution is 7.25. The molecule has 1 aromatic heterocycles. The van der Waals surface area contributed by atoms with E-state index in [1.165, 1.54) is 64.5 Å². The second-order valence-corrected chi connectivity index (χ2v) is 15.8. The molecule has 0 saturated carbocycles. The first-order chi connectivity index (χ1) is 27.1. The van der Waals surface area contributed by atoms with Crippen LogP contribution in [0.5, 0.6) is 11.5 Å². The summed E-state index contributed by atoms with van der Waals surface area (Å²) in [7, 11) is 0. The average Bonchev–Trinajstić information content (AvgIpc) is 3.60. The van der Waals surface area contributed by atoms with Gasteiger partial charge in [-0.05, 0) is 114 Å². The summed E-state index contributed by atoms with van der Waals surface area (Å²) in [5, 5.41) is 2.56. The lowest BCUT2D eigenvalue weighted by atomic mass is 9.34. The summed E-state index contributed by atoms with van der Waals surface area (Å²) in [6, 6.07) is 64.1. The standard InChI is InChI=1S/C50H35BN2OS/c1-32-15-20-37(21-16-32)53-44-27-17-33(2)29-43(44)51-42-26-24-39(31-47(42)54-46-13-8-12-45(53)50(46)51)52(36-22-18-35(19-23-36)34-9-4-3-5-10-34)38-25-28-49-41(30-38)40-11-6-7-14-48(40)55-49/h3-31H,1-2H3. The minimum atomic E-state index is 0.0349. The van der Waals surface area contributed by atoms with Crippen molar-refractivity contribution in [1.29, 1.82) is 0 Å². The monoisotopic (exact) mass is 722 g/mol. The highest BCUT2D eigenvalue weighted by Gasteiger charge is 2.42. The van der Waals surface area contributed by atoms with E-state index in [2.05, 4.69) is 200 Å². The van der Waals surface area contributed by atoms with Crippen molar-refractivity contribution in [1.82, 2.24) is 0 Å². The predicted octanol–water partition coefficient (Wildman–Crippen LogP) is 12.2. The van der Waals surface area contributed by atoms with E-state index in [1.54, 1.807) is 0 Å². The smallest absolute Gasteiger partial charge is 0.256 e. The highest BCUT2D eigenvalue weighted by Crippen LogP contribution is 2.44. The van der Waals surface area contributed by atoms with E-state index in [9.17, 15) is 0 Å². The molecule has 0 fully saturated rings. The third-order valence-electron chi connectivity index (χ3n) is 11.2. The summed E-state index contributed by atoms with van der Waals surface area (Å²) < 4.78 is 9.57. The topological polar surface area (TPSA) is 15.7 Å². The van der Waals surface area contributed by atoms with E-state index >= 15 is 0 Å². The molecule has 0 N–H and O–H groups in total. The summed E-state index contributed by atoms with van der Waals surface area (Å²) in [6.07, 6.45) is 0. The zero-order valence-electron chi connectivity index (χ0n) is 30.5. The van der Waals surface area contributed by atoms with Gasteiger partial charge in [0.1, 0.15) is 11.5 Å². The van der Waals surface area contributed by atoms with E-state index in [1.807, 2.05) is 11.3 Å². The first-order valence-electron chi connectivity index (χ1n) is 18.9. The molecule has 3 nitrogen and oxygen atoms in total. The van der Waals surface area contributed by atoms with E-state index in [4.69, 9.17) is 4.74 Å². The molecule has 0 saturated heterocycles. The minimum absolute atomic E-state index is 0.0349. The Morgan fingerprint density at radius 1 is 0.491 bits per heavy atom. The van der Waals surface area contributed by atoms with Gasteiger partial charge in [0.15, 0.2) is 0 Å². The fourth-order valence-corrected chi connectivity index (χ4v) is 9.72. The van der Waals surface area contributed by atoms with Gasteiger partial charge in [-0.3, -0.25) is 0 Å². The van der Waals surface area contributed by atoms with Gasteiger partial charge in [-0.25, -0.2) is 0 Å². The van der Waals surface area contributed by atoms with E-state index in [0.717, 1.165) is 39.9 Å². The van der Waals surface area contributed by atoms with Crippen LogP contribution in [0.3, 0.4) is 0 Å². The Balaban J connectivity index is 1.08. The van der Waals surface area contributed by atoms with Gasteiger partial charge in [0.2, 0.25) is 0 Å². The lowest BCUT2D eigenvalue weighted by Crippen LogP contribution is -2.59. The van der Waals surface area contributed by atoms with E-state index in [-0.39, 0.29) is 6.71 Å². The number of anilines is 6. The Hall–Kier alpha value is -6.56. The second kappa shape index (κ2) is 12.5. The van der Waals surface area contributed by atoms with Crippen molar-refractivity contribution in [2.45, 2.75) is 13.8 Å². The molecular weight excluding hydrogens is 687 g/mol. The molecule has 2 aliphatic rings. The molecule has 9 aromatic rings. The van der Waals surface area contributed by atoms with Crippen LogP contribution in [0.2, 0.25) is 0 Å². The Bertz CT molecular complexity index is 2940. The number of thiophene rings is 1. The molecule has 0 aliphatic carbocycles. The molecule has 0 radical (unpaired) electrons. The minimum Gasteiger partial charge on any atom is -0.458 e. The molecule has 260 valence electrons. The molecule has 8 aromatic carbocycles. The van der Waals surface area contributed by atoms with Gasteiger partial charge in [0.05, 0.1) is 0 Å². The SMILES string of the molecule is Cc1ccc(N2c3ccc(C)cc3B3c4ccc(N(c5ccc(-c6ccccc6)cc5)c5ccc6sc7ccccc7c6c5)cc4Oc4cccc2c43)cc1. The van der Waals surface area contributed by atoms with Crippen LogP contribution in [0.15, 0.2) is 176 Å². The Morgan fingerprint density at radius 2 is 1.20 bits per heavy atom. The van der Waals surface area contributed by atoms with Gasteiger partial charge in [-0.15, -0.1) is 11.3 Å². The quantitative estimate of drug-likeness (QED) is 0.165. The number of nitrogens with zero attached hydrogens (tertiary/aromatic N) is 2. The fraction of sp³-hybridized carbons (Fsp3) is 0.0400. The van der Waals surface area contributed by atoms with Gasteiger partial charge in [-0.2, -0.15) is 0 Å². The van der Waals surface area contributed by atoms with Crippen molar-refractivity contribution >= 4 is 88.7 Å². The number of ether oxygens (including phenoxy) is 1. The maximum Gasteiger partial charge on any atom is 0.256 e. The number of hydrogen-bond donors (Lipinski definition) is 0. The van der Waals surface area contributed by atoms with Crippen LogP contribution < -0.4 is 30.9 Å². The van der Waals surface area contributed by atoms with Gasteiger partial charge >= 0.3 is 0 Å². The number of hydrogen-bond acceptors (Lipinski definition) is 4. The van der Waals surface area contributed by atoms with E-state index in [0.29, 0.717) is 0 Å². The number of rotatable bonds is 5. The van der Waals surface area contributed by atoms with Crippen molar-refractivity contribution < 1.29 is 4.74 Å². The van der Waals surface area contributed by atoms with Gasteiger partial charge in [-0.1, -0.05) is 108 Å². The molecule has 11 rings (SSSR count). The summed E-state index contributed by atoms with van der Waals surface area (Å²) in [5.74, 6) is 1.79. The molecule has 0 unspecified atom stereocenters. The van der Waals surface area contributed by atoms with Crippen LogP contribution in [0, 0.1) is 13.8 Å². The van der Waals surface area contributed by atoms with Crippen LogP contribution in [-0.4, -0.2) is 6.71 Å². The number of fused-ring (bicyclic) bond motifs is 7. The van der Waals surface area contributed by atoms with E-state index < -0.39 is 0 Å². The fourth-order valence-electron chi connectivity index (χ4n) is 8.64. The van der Waals surface area contributed by atoms with Gasteiger partial charge < -0.3 is 14.5 Å². The Kier molecular flexibility index (Phi) is 7.26. The first-order valence-corrected chi connectivity index (χ1v) is 19.7. The van der Waals surface area contributed by atoms with Crippen LogP contribution in [-0.2, 0) is 0 Å². The average molecular weight is 723 g/mol. The third kappa shape index (κ3) is 5.19. The summed E-state index contributed by atoms with van der Waals surface area (Å²) in [6.45, 7) is 4.36. The normalized spacial score (nSPS) is 12.6. The molecule has 5 heteroatoms. The summed E-state index contributed by atoms with van der Waals surface area (Å²) in [5.41, 5.74) is 15.3. The molecule has 0 atom stereocenters. The van der Waals surface area contributed by atoms with Crippen molar-refractivity contribution in [3.8, 4) is 22.6 Å². The first kappa shape index (κ1) is 31.9. The lowest BCUT2D eigenvalue weighted by Gasteiger charge is -2.40. The molecule has 0 amide bonds. The molecular formula is C50H35BN2OS. The summed E-state index contributed by atoms with van der Waals surface area (Å²) in [4.78, 5) is 4.77. The van der Waals surface area contributed by atoms with Crippen LogP contribution in [0.4, 0.5) is 34.1 Å². The van der Waals surface area contributed by atoms with Crippen molar-refractivity contribution in [2.75, 3.05) is 9.80 Å². The van der Waals surface area contributed by atoms with Crippen molar-refractivity contribution in [2.24, 2.45) is 0 Å². The zero-order chi connectivity index (χ0) is 36.6. The molecule has 3 heterocycles. The van der Waals surface area contributed by atoms with Crippen LogP contribution in [0.1, 0.15) is 11.1 Å².